The molecule has 0 aliphatic carbocycles. The van der Waals surface area contributed by atoms with E-state index in [2.05, 4.69) is 18.8 Å². The monoisotopic (exact) mass is 234 g/mol. The number of nitrogens with two attached hydrogens (primary N) is 1. The van der Waals surface area contributed by atoms with Crippen LogP contribution in [0.25, 0.3) is 0 Å². The molecule has 1 rings (SSSR count). The lowest BCUT2D eigenvalue weighted by Crippen LogP contribution is -2.29. The van der Waals surface area contributed by atoms with E-state index in [0.29, 0.717) is 15.3 Å². The minimum absolute atomic E-state index is 0.266. The van der Waals surface area contributed by atoms with Crippen LogP contribution in [0, 0.1) is 5.92 Å². The van der Waals surface area contributed by atoms with Gasteiger partial charge in [-0.3, -0.25) is 0 Å². The van der Waals surface area contributed by atoms with Crippen molar-refractivity contribution in [3.63, 3.8) is 0 Å². The van der Waals surface area contributed by atoms with Crippen LogP contribution in [0.4, 0.5) is 0 Å². The highest BCUT2D eigenvalue weighted by Crippen LogP contribution is 2.26. The van der Waals surface area contributed by atoms with Gasteiger partial charge in [-0.25, -0.2) is 4.98 Å². The fourth-order valence-corrected chi connectivity index (χ4v) is 2.25. The summed E-state index contributed by atoms with van der Waals surface area (Å²) in [7, 11) is 0. The van der Waals surface area contributed by atoms with Gasteiger partial charge in [0.1, 0.15) is 15.4 Å². The van der Waals surface area contributed by atoms with Crippen molar-refractivity contribution in [2.75, 3.05) is 0 Å². The largest absolute Gasteiger partial charge is 0.384 e. The van der Waals surface area contributed by atoms with Crippen molar-refractivity contribution in [1.82, 2.24) is 4.98 Å². The van der Waals surface area contributed by atoms with E-state index in [-0.39, 0.29) is 6.04 Å². The van der Waals surface area contributed by atoms with E-state index in [0.717, 1.165) is 6.42 Å². The Bertz CT molecular complexity index is 290. The molecule has 0 aliphatic heterocycles. The maximum atomic E-state index is 9.82. The van der Waals surface area contributed by atoms with Crippen LogP contribution < -0.4 is 5.73 Å². The summed E-state index contributed by atoms with van der Waals surface area (Å²) in [6, 6.07) is -0.266. The third-order valence-electron chi connectivity index (χ3n) is 1.90. The summed E-state index contributed by atoms with van der Waals surface area (Å²) in [5, 5.41) is 10.4. The normalized spacial score (nSPS) is 15.9. The Hall–Kier alpha value is -0.160. The fraction of sp³-hybridized carbons (Fsp3) is 0.667. The Kier molecular flexibility index (Phi) is 4.31. The first-order valence-corrected chi connectivity index (χ1v) is 5.75. The summed E-state index contributed by atoms with van der Waals surface area (Å²) < 4.78 is 0.579. The van der Waals surface area contributed by atoms with Crippen LogP contribution in [0.1, 0.15) is 31.4 Å². The second kappa shape index (κ2) is 5.07. The van der Waals surface area contributed by atoms with Gasteiger partial charge in [-0.1, -0.05) is 25.4 Å². The van der Waals surface area contributed by atoms with Crippen LogP contribution in [0.15, 0.2) is 6.20 Å². The number of aromatic nitrogens is 1. The van der Waals surface area contributed by atoms with E-state index in [1.54, 1.807) is 0 Å². The summed E-state index contributed by atoms with van der Waals surface area (Å²) >= 11 is 6.99. The van der Waals surface area contributed by atoms with Crippen molar-refractivity contribution < 1.29 is 5.11 Å². The van der Waals surface area contributed by atoms with Crippen molar-refractivity contribution in [2.24, 2.45) is 11.7 Å². The molecule has 0 aromatic carbocycles. The predicted octanol–water partition coefficient (Wildman–Crippen LogP) is 2.20. The van der Waals surface area contributed by atoms with Gasteiger partial charge >= 0.3 is 0 Å². The van der Waals surface area contributed by atoms with Crippen molar-refractivity contribution >= 4 is 22.9 Å². The Morgan fingerprint density at radius 3 is 2.71 bits per heavy atom. The van der Waals surface area contributed by atoms with Gasteiger partial charge in [-0.05, 0) is 12.3 Å². The summed E-state index contributed by atoms with van der Waals surface area (Å²) in [5.41, 5.74) is 5.83. The molecule has 1 aromatic rings. The van der Waals surface area contributed by atoms with Gasteiger partial charge in [0.05, 0.1) is 6.20 Å². The standard InChI is InChI=1S/C9H15ClN2OS/c1-5(2)3-6(11)8(13)9-12-4-7(10)14-9/h4-6,8,13H,3,11H2,1-2H3. The summed E-state index contributed by atoms with van der Waals surface area (Å²) in [5.74, 6) is 0.468. The molecule has 0 bridgehead atoms. The Balaban J connectivity index is 2.60. The molecule has 3 nitrogen and oxygen atoms in total. The predicted molar refractivity (Wildman–Crippen MR) is 59.5 cm³/mol. The van der Waals surface area contributed by atoms with Gasteiger partial charge < -0.3 is 10.8 Å². The number of aliphatic hydroxyl groups is 1. The lowest BCUT2D eigenvalue weighted by atomic mass is 10.0. The van der Waals surface area contributed by atoms with E-state index in [1.165, 1.54) is 17.5 Å². The van der Waals surface area contributed by atoms with Gasteiger partial charge in [0.25, 0.3) is 0 Å². The highest BCUT2D eigenvalue weighted by atomic mass is 35.5. The van der Waals surface area contributed by atoms with E-state index < -0.39 is 6.10 Å². The van der Waals surface area contributed by atoms with E-state index in [4.69, 9.17) is 17.3 Å². The number of halogens is 1. The van der Waals surface area contributed by atoms with E-state index in [9.17, 15) is 5.11 Å². The van der Waals surface area contributed by atoms with Crippen LogP contribution in [0.3, 0.4) is 0 Å². The lowest BCUT2D eigenvalue weighted by Gasteiger charge is -2.18. The van der Waals surface area contributed by atoms with Crippen LogP contribution in [0.2, 0.25) is 4.34 Å². The molecule has 0 saturated heterocycles. The van der Waals surface area contributed by atoms with Crippen LogP contribution >= 0.6 is 22.9 Å². The van der Waals surface area contributed by atoms with Crippen LogP contribution in [-0.4, -0.2) is 16.1 Å². The van der Waals surface area contributed by atoms with Gasteiger partial charge in [0, 0.05) is 6.04 Å². The molecule has 1 aromatic heterocycles. The summed E-state index contributed by atoms with van der Waals surface area (Å²) in [4.78, 5) is 4.00. The Morgan fingerprint density at radius 1 is 1.64 bits per heavy atom. The maximum absolute atomic E-state index is 9.82. The molecule has 0 radical (unpaired) electrons. The molecule has 5 heteroatoms. The summed E-state index contributed by atoms with van der Waals surface area (Å²) in [6.07, 6.45) is 1.61. The first-order chi connectivity index (χ1) is 6.50. The summed E-state index contributed by atoms with van der Waals surface area (Å²) in [6.45, 7) is 4.14. The number of aliphatic hydroxyl groups excluding tert-OH is 1. The van der Waals surface area contributed by atoms with Crippen molar-refractivity contribution in [2.45, 2.75) is 32.4 Å². The molecule has 14 heavy (non-hydrogen) atoms. The first kappa shape index (κ1) is 11.9. The average molecular weight is 235 g/mol. The highest BCUT2D eigenvalue weighted by molar-refractivity contribution is 7.15. The fourth-order valence-electron chi connectivity index (χ4n) is 1.26. The lowest BCUT2D eigenvalue weighted by molar-refractivity contribution is 0.135. The van der Waals surface area contributed by atoms with Crippen molar-refractivity contribution in [1.29, 1.82) is 0 Å². The first-order valence-electron chi connectivity index (χ1n) is 4.55. The molecule has 0 aliphatic rings. The minimum Gasteiger partial charge on any atom is -0.384 e. The Morgan fingerprint density at radius 2 is 2.29 bits per heavy atom. The van der Waals surface area contributed by atoms with Crippen LogP contribution in [0.5, 0.6) is 0 Å². The molecule has 2 unspecified atom stereocenters. The minimum atomic E-state index is -0.699. The molecule has 0 fully saturated rings. The number of hydrogen-bond donors (Lipinski definition) is 2. The third-order valence-corrected chi connectivity index (χ3v) is 3.08. The smallest absolute Gasteiger partial charge is 0.124 e. The van der Waals surface area contributed by atoms with Crippen molar-refractivity contribution in [3.05, 3.63) is 15.5 Å². The second-order valence-corrected chi connectivity index (χ2v) is 5.43. The Labute approximate surface area is 92.9 Å². The van der Waals surface area contributed by atoms with Crippen molar-refractivity contribution in [3.8, 4) is 0 Å². The molecule has 1 heterocycles. The molecule has 0 amide bonds. The van der Waals surface area contributed by atoms with E-state index >= 15 is 0 Å². The zero-order valence-corrected chi connectivity index (χ0v) is 9.85. The third kappa shape index (κ3) is 3.20. The van der Waals surface area contributed by atoms with Gasteiger partial charge in [0.15, 0.2) is 0 Å². The zero-order valence-electron chi connectivity index (χ0n) is 8.27. The number of thiazole rings is 1. The molecular weight excluding hydrogens is 220 g/mol. The molecule has 3 N–H and O–H groups in total. The van der Waals surface area contributed by atoms with Gasteiger partial charge in [-0.15, -0.1) is 11.3 Å². The number of hydrogen-bond acceptors (Lipinski definition) is 4. The average Bonchev–Trinajstić information content (AvgIpc) is 2.49. The SMILES string of the molecule is CC(C)CC(N)C(O)c1ncc(Cl)s1. The maximum Gasteiger partial charge on any atom is 0.124 e. The highest BCUT2D eigenvalue weighted by Gasteiger charge is 2.20. The molecular formula is C9H15ClN2OS. The van der Waals surface area contributed by atoms with Gasteiger partial charge in [-0.2, -0.15) is 0 Å². The number of rotatable bonds is 4. The van der Waals surface area contributed by atoms with Gasteiger partial charge in [0.2, 0.25) is 0 Å². The second-order valence-electron chi connectivity index (χ2n) is 3.74. The molecule has 80 valence electrons. The van der Waals surface area contributed by atoms with Crippen LogP contribution in [-0.2, 0) is 0 Å². The quantitative estimate of drug-likeness (QED) is 0.840. The topological polar surface area (TPSA) is 59.1 Å². The number of nitrogens with zero attached hydrogens (tertiary/aromatic N) is 1. The van der Waals surface area contributed by atoms with E-state index in [1.807, 2.05) is 0 Å². The zero-order chi connectivity index (χ0) is 10.7. The molecule has 0 saturated carbocycles. The molecule has 2 atom stereocenters. The molecule has 0 spiro atoms.